The molecule has 4 N–H and O–H groups in total. The maximum absolute atomic E-state index is 13.8. The number of hydrogen-bond donors (Lipinski definition) is 4. The molecule has 0 radical (unpaired) electrons. The second-order valence-corrected chi connectivity index (χ2v) is 12.8. The molecule has 13 heteroatoms. The first-order valence-electron chi connectivity index (χ1n) is 14.0. The lowest BCUT2D eigenvalue weighted by molar-refractivity contribution is -0.274. The third-order valence-corrected chi connectivity index (χ3v) is 8.85. The van der Waals surface area contributed by atoms with E-state index < -0.39 is 52.8 Å². The third kappa shape index (κ3) is 8.49. The topological polar surface area (TPSA) is 128 Å². The number of aliphatic hydroxyl groups excluding tert-OH is 1. The fraction of sp³-hybridized carbons (Fsp3) is 0.344. The van der Waals surface area contributed by atoms with Crippen molar-refractivity contribution >= 4 is 29.5 Å². The van der Waals surface area contributed by atoms with E-state index in [1.165, 1.54) is 47.0 Å². The van der Waals surface area contributed by atoms with Crippen LogP contribution in [-0.4, -0.2) is 68.0 Å². The standard InChI is InChI=1S/C32H34F3N3O6S/c1-19-23(13-8-14-25(19)39)28(41)37-24(16-20-9-5-4-6-10-20)26(40)30(43)38-18-45-31(2,3)27(38)29(42)36-17-21-11-7-12-22(15-21)44-32(33,34)35/h4-15,24,26-27,39-40H,16-18H2,1-3H3,(H,36,42)(H,37,41)/t24-,26-,27?/m0/s1. The molecule has 1 fully saturated rings. The van der Waals surface area contributed by atoms with Crippen molar-refractivity contribution in [1.82, 2.24) is 15.5 Å². The molecule has 45 heavy (non-hydrogen) atoms. The zero-order chi connectivity index (χ0) is 32.9. The predicted molar refractivity (Wildman–Crippen MR) is 162 cm³/mol. The summed E-state index contributed by atoms with van der Waals surface area (Å²) in [5, 5.41) is 26.9. The van der Waals surface area contributed by atoms with Crippen LogP contribution in [0.4, 0.5) is 13.2 Å². The Morgan fingerprint density at radius 3 is 2.40 bits per heavy atom. The minimum absolute atomic E-state index is 0.0769. The summed E-state index contributed by atoms with van der Waals surface area (Å²) in [5.41, 5.74) is 1.59. The summed E-state index contributed by atoms with van der Waals surface area (Å²) in [7, 11) is 0. The van der Waals surface area contributed by atoms with Crippen molar-refractivity contribution < 1.29 is 42.5 Å². The fourth-order valence-corrected chi connectivity index (χ4v) is 6.26. The van der Waals surface area contributed by atoms with E-state index >= 15 is 0 Å². The zero-order valence-electron chi connectivity index (χ0n) is 24.8. The Bertz CT molecular complexity index is 1540. The van der Waals surface area contributed by atoms with Crippen LogP contribution in [-0.2, 0) is 22.6 Å². The predicted octanol–water partition coefficient (Wildman–Crippen LogP) is 4.30. The monoisotopic (exact) mass is 645 g/mol. The minimum Gasteiger partial charge on any atom is -0.508 e. The van der Waals surface area contributed by atoms with Gasteiger partial charge < -0.3 is 30.5 Å². The highest BCUT2D eigenvalue weighted by Crippen LogP contribution is 2.40. The number of amides is 3. The molecule has 3 atom stereocenters. The molecule has 3 aromatic rings. The highest BCUT2D eigenvalue weighted by atomic mass is 32.2. The second kappa shape index (κ2) is 13.8. The van der Waals surface area contributed by atoms with Gasteiger partial charge in [0.2, 0.25) is 5.91 Å². The highest BCUT2D eigenvalue weighted by molar-refractivity contribution is 8.00. The summed E-state index contributed by atoms with van der Waals surface area (Å²) < 4.78 is 41.1. The molecule has 1 aliphatic heterocycles. The number of hydrogen-bond acceptors (Lipinski definition) is 7. The number of phenols is 1. The summed E-state index contributed by atoms with van der Waals surface area (Å²) in [5.74, 6) is -2.37. The van der Waals surface area contributed by atoms with E-state index in [0.29, 0.717) is 11.1 Å². The Kier molecular flexibility index (Phi) is 10.3. The summed E-state index contributed by atoms with van der Waals surface area (Å²) in [6.07, 6.45) is -6.52. The Morgan fingerprint density at radius 1 is 1.04 bits per heavy atom. The average Bonchev–Trinajstić information content (AvgIpc) is 3.30. The molecule has 4 rings (SSSR count). The Labute approximate surface area is 262 Å². The molecule has 1 aliphatic rings. The number of phenolic OH excluding ortho intramolecular Hbond substituents is 1. The van der Waals surface area contributed by atoms with Crippen LogP contribution >= 0.6 is 11.8 Å². The summed E-state index contributed by atoms with van der Waals surface area (Å²) >= 11 is 1.32. The van der Waals surface area contributed by atoms with E-state index in [9.17, 15) is 37.8 Å². The van der Waals surface area contributed by atoms with Gasteiger partial charge in [-0.1, -0.05) is 48.5 Å². The van der Waals surface area contributed by atoms with Gasteiger partial charge in [-0.2, -0.15) is 0 Å². The lowest BCUT2D eigenvalue weighted by Gasteiger charge is -2.33. The number of thioether (sulfide) groups is 1. The molecule has 3 aromatic carbocycles. The van der Waals surface area contributed by atoms with Crippen LogP contribution in [0.5, 0.6) is 11.5 Å². The number of aromatic hydroxyl groups is 1. The first-order valence-corrected chi connectivity index (χ1v) is 15.0. The van der Waals surface area contributed by atoms with Gasteiger partial charge in [-0.25, -0.2) is 0 Å². The normalized spacial score (nSPS) is 17.3. The van der Waals surface area contributed by atoms with Gasteiger partial charge in [0.05, 0.1) is 11.9 Å². The first-order chi connectivity index (χ1) is 21.2. The maximum Gasteiger partial charge on any atom is 0.573 e. The van der Waals surface area contributed by atoms with E-state index in [1.54, 1.807) is 51.1 Å². The molecule has 0 saturated carbocycles. The third-order valence-electron chi connectivity index (χ3n) is 7.47. The lowest BCUT2D eigenvalue weighted by Crippen LogP contribution is -2.58. The molecular weight excluding hydrogens is 611 g/mol. The number of carbonyl (C=O) groups excluding carboxylic acids is 3. The average molecular weight is 646 g/mol. The Morgan fingerprint density at radius 2 is 1.71 bits per heavy atom. The number of aliphatic hydroxyl groups is 1. The van der Waals surface area contributed by atoms with Crippen LogP contribution in [0.15, 0.2) is 72.8 Å². The smallest absolute Gasteiger partial charge is 0.508 e. The number of rotatable bonds is 10. The van der Waals surface area contributed by atoms with Gasteiger partial charge in [0, 0.05) is 22.4 Å². The number of nitrogens with one attached hydrogen (secondary N) is 2. The van der Waals surface area contributed by atoms with Gasteiger partial charge in [0.25, 0.3) is 11.8 Å². The van der Waals surface area contributed by atoms with Crippen LogP contribution in [0.25, 0.3) is 0 Å². The summed E-state index contributed by atoms with van der Waals surface area (Å²) in [6.45, 7) is 4.98. The molecule has 0 aliphatic carbocycles. The Hall–Kier alpha value is -4.23. The van der Waals surface area contributed by atoms with Gasteiger partial charge >= 0.3 is 6.36 Å². The van der Waals surface area contributed by atoms with Crippen molar-refractivity contribution in [2.75, 3.05) is 5.88 Å². The van der Waals surface area contributed by atoms with Crippen LogP contribution in [0, 0.1) is 6.92 Å². The van der Waals surface area contributed by atoms with E-state index in [1.807, 2.05) is 0 Å². The van der Waals surface area contributed by atoms with E-state index in [4.69, 9.17) is 0 Å². The molecule has 1 heterocycles. The number of alkyl halides is 3. The molecular formula is C32H34F3N3O6S. The molecule has 9 nitrogen and oxygen atoms in total. The van der Waals surface area contributed by atoms with Gasteiger partial charge in [0.15, 0.2) is 6.10 Å². The lowest BCUT2D eigenvalue weighted by atomic mass is 9.96. The van der Waals surface area contributed by atoms with Crippen molar-refractivity contribution in [3.63, 3.8) is 0 Å². The van der Waals surface area contributed by atoms with E-state index in [0.717, 1.165) is 17.7 Å². The quantitative estimate of drug-likeness (QED) is 0.259. The van der Waals surface area contributed by atoms with Crippen molar-refractivity contribution in [1.29, 1.82) is 0 Å². The number of nitrogens with zero attached hydrogens (tertiary/aromatic N) is 1. The molecule has 240 valence electrons. The van der Waals surface area contributed by atoms with Gasteiger partial charge in [-0.3, -0.25) is 14.4 Å². The van der Waals surface area contributed by atoms with Crippen molar-refractivity contribution in [2.24, 2.45) is 0 Å². The fourth-order valence-electron chi connectivity index (χ4n) is 5.12. The minimum atomic E-state index is -4.87. The van der Waals surface area contributed by atoms with Crippen molar-refractivity contribution in [3.05, 3.63) is 95.1 Å². The van der Waals surface area contributed by atoms with Gasteiger partial charge in [-0.05, 0) is 62.6 Å². The SMILES string of the molecule is Cc1c(O)cccc1C(=O)N[C@@H](Cc1ccccc1)[C@H](O)C(=O)N1CSC(C)(C)C1C(=O)NCc1cccc(OC(F)(F)F)c1. The van der Waals surface area contributed by atoms with Crippen LogP contribution in [0.2, 0.25) is 0 Å². The largest absolute Gasteiger partial charge is 0.573 e. The molecule has 1 unspecified atom stereocenters. The Balaban J connectivity index is 1.53. The number of benzene rings is 3. The summed E-state index contributed by atoms with van der Waals surface area (Å²) in [6, 6.07) is 16.5. The van der Waals surface area contributed by atoms with Gasteiger partial charge in [0.1, 0.15) is 17.5 Å². The zero-order valence-corrected chi connectivity index (χ0v) is 25.6. The number of carbonyl (C=O) groups is 3. The molecule has 3 amide bonds. The van der Waals surface area contributed by atoms with Crippen LogP contribution < -0.4 is 15.4 Å². The van der Waals surface area contributed by atoms with Gasteiger partial charge in [-0.15, -0.1) is 24.9 Å². The first kappa shape index (κ1) is 33.7. The highest BCUT2D eigenvalue weighted by Gasteiger charge is 2.49. The van der Waals surface area contributed by atoms with Crippen LogP contribution in [0.1, 0.15) is 40.9 Å². The molecule has 0 aromatic heterocycles. The van der Waals surface area contributed by atoms with Crippen molar-refractivity contribution in [3.8, 4) is 11.5 Å². The van der Waals surface area contributed by atoms with E-state index in [-0.39, 0.29) is 30.2 Å². The van der Waals surface area contributed by atoms with E-state index in [2.05, 4.69) is 15.4 Å². The van der Waals surface area contributed by atoms with Crippen LogP contribution in [0.3, 0.4) is 0 Å². The second-order valence-electron chi connectivity index (χ2n) is 11.2. The summed E-state index contributed by atoms with van der Waals surface area (Å²) in [4.78, 5) is 41.8. The molecule has 0 bridgehead atoms. The number of ether oxygens (including phenoxy) is 1. The molecule has 0 spiro atoms. The van der Waals surface area contributed by atoms with Crippen molar-refractivity contribution in [2.45, 2.75) is 63.0 Å². The maximum atomic E-state index is 13.8. The molecule has 1 saturated heterocycles. The number of halogens is 3.